The molecule has 19 heavy (non-hydrogen) atoms. The van der Waals surface area contributed by atoms with Crippen LogP contribution in [0.1, 0.15) is 0 Å². The number of nitrogens with two attached hydrogens (primary N) is 1. The maximum atomic E-state index is 13.0. The Kier molecular flexibility index (Phi) is 5.27. The summed E-state index contributed by atoms with van der Waals surface area (Å²) in [7, 11) is -4.33. The van der Waals surface area contributed by atoms with Crippen molar-refractivity contribution in [2.45, 2.75) is 11.3 Å². The quantitative estimate of drug-likeness (QED) is 0.802. The van der Waals surface area contributed by atoms with Gasteiger partial charge in [-0.3, -0.25) is 0 Å². The highest BCUT2D eigenvalue weighted by Gasteiger charge is 2.27. The molecule has 0 amide bonds. The molecule has 0 aliphatic heterocycles. The fourth-order valence-corrected chi connectivity index (χ4v) is 2.84. The fraction of sp³-hybridized carbons (Fsp3) is 0.400. The number of hydrogen-bond donors (Lipinski definition) is 1. The second-order valence-electron chi connectivity index (χ2n) is 3.62. The van der Waals surface area contributed by atoms with Crippen LogP contribution in [-0.4, -0.2) is 38.8 Å². The number of halogens is 4. The van der Waals surface area contributed by atoms with Crippen LogP contribution < -0.4 is 5.73 Å². The average Bonchev–Trinajstić information content (AvgIpc) is 2.31. The molecule has 0 spiro atoms. The molecule has 0 aliphatic rings. The number of benzene rings is 1. The third-order valence-electron chi connectivity index (χ3n) is 2.25. The summed E-state index contributed by atoms with van der Waals surface area (Å²) in [4.78, 5) is -0.597. The molecule has 0 heterocycles. The Bertz CT molecular complexity index is 536. The van der Waals surface area contributed by atoms with E-state index in [2.05, 4.69) is 0 Å². The number of hydrogen-bond acceptors (Lipinski definition) is 3. The molecule has 108 valence electrons. The van der Waals surface area contributed by atoms with E-state index in [0.29, 0.717) is 16.4 Å². The first-order valence-electron chi connectivity index (χ1n) is 5.22. The summed E-state index contributed by atoms with van der Waals surface area (Å²) in [5, 5.41) is 0. The van der Waals surface area contributed by atoms with Crippen molar-refractivity contribution < 1.29 is 26.0 Å². The van der Waals surface area contributed by atoms with Gasteiger partial charge in [-0.25, -0.2) is 26.0 Å². The summed E-state index contributed by atoms with van der Waals surface area (Å²) in [6.07, 6.45) is -2.90. The zero-order chi connectivity index (χ0) is 14.6. The van der Waals surface area contributed by atoms with Crippen molar-refractivity contribution in [1.82, 2.24) is 4.31 Å². The van der Waals surface area contributed by atoms with E-state index in [-0.39, 0.29) is 13.1 Å². The van der Waals surface area contributed by atoms with Crippen LogP contribution in [0.15, 0.2) is 23.1 Å². The average molecular weight is 300 g/mol. The fourth-order valence-electron chi connectivity index (χ4n) is 1.39. The number of sulfonamides is 1. The molecule has 0 saturated heterocycles. The zero-order valence-electron chi connectivity index (χ0n) is 9.69. The van der Waals surface area contributed by atoms with Crippen LogP contribution in [0, 0.1) is 11.6 Å². The van der Waals surface area contributed by atoms with Crippen LogP contribution in [0.4, 0.5) is 17.6 Å². The lowest BCUT2D eigenvalue weighted by molar-refractivity contribution is 0.120. The Morgan fingerprint density at radius 1 is 1.21 bits per heavy atom. The lowest BCUT2D eigenvalue weighted by Crippen LogP contribution is -2.38. The van der Waals surface area contributed by atoms with Crippen molar-refractivity contribution in [3.63, 3.8) is 0 Å². The van der Waals surface area contributed by atoms with Crippen LogP contribution in [0.2, 0.25) is 0 Å². The first-order valence-corrected chi connectivity index (χ1v) is 6.66. The van der Waals surface area contributed by atoms with Gasteiger partial charge >= 0.3 is 0 Å². The third kappa shape index (κ3) is 3.88. The van der Waals surface area contributed by atoms with Crippen LogP contribution in [-0.2, 0) is 10.0 Å². The number of alkyl halides is 2. The van der Waals surface area contributed by atoms with Gasteiger partial charge in [0.1, 0.15) is 0 Å². The summed E-state index contributed by atoms with van der Waals surface area (Å²) in [5.41, 5.74) is 5.15. The van der Waals surface area contributed by atoms with E-state index in [4.69, 9.17) is 5.73 Å². The van der Waals surface area contributed by atoms with Gasteiger partial charge in [-0.1, -0.05) is 0 Å². The second-order valence-corrected chi connectivity index (χ2v) is 5.56. The molecule has 0 fully saturated rings. The highest BCUT2D eigenvalue weighted by molar-refractivity contribution is 7.89. The largest absolute Gasteiger partial charge is 0.329 e. The van der Waals surface area contributed by atoms with Gasteiger partial charge in [0.05, 0.1) is 11.4 Å². The lowest BCUT2D eigenvalue weighted by Gasteiger charge is -2.21. The van der Waals surface area contributed by atoms with Gasteiger partial charge < -0.3 is 5.73 Å². The molecule has 1 aromatic carbocycles. The van der Waals surface area contributed by atoms with Gasteiger partial charge in [-0.2, -0.15) is 4.31 Å². The maximum absolute atomic E-state index is 13.0. The molecular formula is C10H12F4N2O2S. The Labute approximate surface area is 107 Å². The van der Waals surface area contributed by atoms with Crippen LogP contribution in [0.25, 0.3) is 0 Å². The van der Waals surface area contributed by atoms with Crippen molar-refractivity contribution >= 4 is 10.0 Å². The standard InChI is InChI=1S/C10H12F4N2O2S/c11-8-2-1-7(5-9(8)12)19(17,18)16(4-3-15)6-10(13)14/h1-2,5,10H,3-4,6,15H2. The predicted molar refractivity (Wildman–Crippen MR) is 60.2 cm³/mol. The summed E-state index contributed by atoms with van der Waals surface area (Å²) < 4.78 is 74.7. The third-order valence-corrected chi connectivity index (χ3v) is 4.11. The minimum Gasteiger partial charge on any atom is -0.329 e. The summed E-state index contributed by atoms with van der Waals surface area (Å²) >= 11 is 0. The molecule has 0 aromatic heterocycles. The molecule has 1 aromatic rings. The molecule has 4 nitrogen and oxygen atoms in total. The van der Waals surface area contributed by atoms with Crippen molar-refractivity contribution in [1.29, 1.82) is 0 Å². The van der Waals surface area contributed by atoms with Crippen molar-refractivity contribution in [3.8, 4) is 0 Å². The topological polar surface area (TPSA) is 63.4 Å². The van der Waals surface area contributed by atoms with Crippen molar-refractivity contribution in [2.24, 2.45) is 5.73 Å². The van der Waals surface area contributed by atoms with Gasteiger partial charge in [0.25, 0.3) is 6.43 Å². The monoisotopic (exact) mass is 300 g/mol. The molecule has 0 bridgehead atoms. The highest BCUT2D eigenvalue weighted by atomic mass is 32.2. The predicted octanol–water partition coefficient (Wildman–Crippen LogP) is 1.18. The van der Waals surface area contributed by atoms with E-state index >= 15 is 0 Å². The van der Waals surface area contributed by atoms with Gasteiger partial charge in [0.2, 0.25) is 10.0 Å². The number of nitrogens with zero attached hydrogens (tertiary/aromatic N) is 1. The van der Waals surface area contributed by atoms with Gasteiger partial charge in [0, 0.05) is 13.1 Å². The van der Waals surface area contributed by atoms with E-state index in [1.807, 2.05) is 0 Å². The molecule has 9 heteroatoms. The van der Waals surface area contributed by atoms with Crippen molar-refractivity contribution in [3.05, 3.63) is 29.8 Å². The van der Waals surface area contributed by atoms with Crippen molar-refractivity contribution in [2.75, 3.05) is 19.6 Å². The zero-order valence-corrected chi connectivity index (χ0v) is 10.5. The Hall–Kier alpha value is -1.19. The Balaban J connectivity index is 3.14. The maximum Gasteiger partial charge on any atom is 0.252 e. The minimum absolute atomic E-state index is 0.171. The van der Waals surface area contributed by atoms with Gasteiger partial charge in [-0.15, -0.1) is 0 Å². The normalized spacial score (nSPS) is 12.4. The first-order chi connectivity index (χ1) is 8.78. The van der Waals surface area contributed by atoms with E-state index in [0.717, 1.165) is 6.07 Å². The number of rotatable bonds is 6. The summed E-state index contributed by atoms with van der Waals surface area (Å²) in [6, 6.07) is 1.87. The SMILES string of the molecule is NCCN(CC(F)F)S(=O)(=O)c1ccc(F)c(F)c1. The smallest absolute Gasteiger partial charge is 0.252 e. The van der Waals surface area contributed by atoms with E-state index in [9.17, 15) is 26.0 Å². The molecular weight excluding hydrogens is 288 g/mol. The van der Waals surface area contributed by atoms with Crippen LogP contribution >= 0.6 is 0 Å². The Morgan fingerprint density at radius 3 is 2.32 bits per heavy atom. The molecule has 2 N–H and O–H groups in total. The van der Waals surface area contributed by atoms with Crippen LogP contribution in [0.3, 0.4) is 0 Å². The Morgan fingerprint density at radius 2 is 1.84 bits per heavy atom. The molecule has 1 rings (SSSR count). The van der Waals surface area contributed by atoms with E-state index in [1.165, 1.54) is 0 Å². The van der Waals surface area contributed by atoms with E-state index in [1.54, 1.807) is 0 Å². The van der Waals surface area contributed by atoms with Gasteiger partial charge in [0.15, 0.2) is 11.6 Å². The lowest BCUT2D eigenvalue weighted by atomic mass is 10.3. The van der Waals surface area contributed by atoms with E-state index < -0.39 is 39.5 Å². The highest BCUT2D eigenvalue weighted by Crippen LogP contribution is 2.19. The second kappa shape index (κ2) is 6.31. The summed E-state index contributed by atoms with van der Waals surface area (Å²) in [6.45, 7) is -1.57. The minimum atomic E-state index is -4.33. The molecule has 0 unspecified atom stereocenters. The molecule has 0 saturated carbocycles. The van der Waals surface area contributed by atoms with Gasteiger partial charge in [-0.05, 0) is 18.2 Å². The van der Waals surface area contributed by atoms with Crippen LogP contribution in [0.5, 0.6) is 0 Å². The first kappa shape index (κ1) is 15.9. The molecule has 0 radical (unpaired) electrons. The molecule has 0 atom stereocenters. The molecule has 0 aliphatic carbocycles. The summed E-state index contributed by atoms with van der Waals surface area (Å²) in [5.74, 6) is -2.59.